The van der Waals surface area contributed by atoms with Gasteiger partial charge in [-0.3, -0.25) is 0 Å². The Kier molecular flexibility index (Phi) is 2.13. The molecule has 4 nitrogen and oxygen atoms in total. The molecule has 0 aromatic carbocycles. The summed E-state index contributed by atoms with van der Waals surface area (Å²) in [6.45, 7) is 4.15. The molecule has 0 saturated heterocycles. The summed E-state index contributed by atoms with van der Waals surface area (Å²) in [5.74, 6) is 2.29. The lowest BCUT2D eigenvalue weighted by molar-refractivity contribution is 0.393. The van der Waals surface area contributed by atoms with Gasteiger partial charge in [0.05, 0.1) is 17.8 Å². The number of aryl methyl sites for hydroxylation is 2. The molecule has 14 heavy (non-hydrogen) atoms. The fourth-order valence-electron chi connectivity index (χ4n) is 1.46. The highest BCUT2D eigenvalue weighted by Gasteiger charge is 2.14. The molecule has 2 aromatic rings. The van der Waals surface area contributed by atoms with Crippen molar-refractivity contribution >= 4 is 0 Å². The minimum Gasteiger partial charge on any atom is -0.460 e. The van der Waals surface area contributed by atoms with Crippen molar-refractivity contribution in [3.8, 4) is 11.3 Å². The minimum absolute atomic E-state index is 0.406. The summed E-state index contributed by atoms with van der Waals surface area (Å²) in [6, 6.07) is 3.75. The molecule has 2 rings (SSSR count). The lowest BCUT2D eigenvalue weighted by atomic mass is 10.1. The average Bonchev–Trinajstić information content (AvgIpc) is 2.73. The maximum Gasteiger partial charge on any atom is 0.144 e. The number of hydrogen-bond acceptors (Lipinski definition) is 4. The van der Waals surface area contributed by atoms with Gasteiger partial charge in [0, 0.05) is 0 Å². The summed E-state index contributed by atoms with van der Waals surface area (Å²) >= 11 is 0. The van der Waals surface area contributed by atoms with Gasteiger partial charge in [-0.25, -0.2) is 0 Å². The summed E-state index contributed by atoms with van der Waals surface area (Å²) in [5, 5.41) is 3.86. The van der Waals surface area contributed by atoms with Crippen molar-refractivity contribution in [3.05, 3.63) is 29.3 Å². The minimum atomic E-state index is 0.406. The molecule has 0 saturated carbocycles. The van der Waals surface area contributed by atoms with Crippen LogP contribution in [0.25, 0.3) is 11.3 Å². The second-order valence-electron chi connectivity index (χ2n) is 3.17. The Labute approximate surface area is 81.7 Å². The van der Waals surface area contributed by atoms with E-state index >= 15 is 0 Å². The summed E-state index contributed by atoms with van der Waals surface area (Å²) < 4.78 is 10.6. The quantitative estimate of drug-likeness (QED) is 0.790. The van der Waals surface area contributed by atoms with Gasteiger partial charge in [0.2, 0.25) is 0 Å². The third-order valence-corrected chi connectivity index (χ3v) is 2.14. The molecule has 0 amide bonds. The number of rotatable bonds is 2. The van der Waals surface area contributed by atoms with Crippen LogP contribution in [0.5, 0.6) is 0 Å². The summed E-state index contributed by atoms with van der Waals surface area (Å²) in [7, 11) is 0. The van der Waals surface area contributed by atoms with Crippen LogP contribution >= 0.6 is 0 Å². The van der Waals surface area contributed by atoms with Crippen LogP contribution in [0.4, 0.5) is 0 Å². The predicted octanol–water partition coefficient (Wildman–Crippen LogP) is 2.01. The molecule has 4 heteroatoms. The molecule has 2 N–H and O–H groups in total. The van der Waals surface area contributed by atoms with Crippen LogP contribution in [-0.4, -0.2) is 5.16 Å². The van der Waals surface area contributed by atoms with Crippen LogP contribution in [0.15, 0.2) is 21.1 Å². The first kappa shape index (κ1) is 9.02. The molecule has 0 aliphatic heterocycles. The fourth-order valence-corrected chi connectivity index (χ4v) is 1.46. The van der Waals surface area contributed by atoms with Crippen LogP contribution in [0.1, 0.15) is 17.2 Å². The van der Waals surface area contributed by atoms with E-state index in [2.05, 4.69) is 5.16 Å². The van der Waals surface area contributed by atoms with Gasteiger partial charge >= 0.3 is 0 Å². The molecule has 0 fully saturated rings. The summed E-state index contributed by atoms with van der Waals surface area (Å²) in [4.78, 5) is 0. The molecule has 0 atom stereocenters. The van der Waals surface area contributed by atoms with Gasteiger partial charge in [-0.2, -0.15) is 0 Å². The van der Waals surface area contributed by atoms with Crippen LogP contribution in [0.2, 0.25) is 0 Å². The predicted molar refractivity (Wildman–Crippen MR) is 51.6 cm³/mol. The van der Waals surface area contributed by atoms with Crippen molar-refractivity contribution in [1.82, 2.24) is 5.16 Å². The first-order valence-electron chi connectivity index (χ1n) is 4.44. The van der Waals surface area contributed by atoms with E-state index in [-0.39, 0.29) is 0 Å². The van der Waals surface area contributed by atoms with E-state index < -0.39 is 0 Å². The van der Waals surface area contributed by atoms with E-state index in [4.69, 9.17) is 14.7 Å². The van der Waals surface area contributed by atoms with Gasteiger partial charge < -0.3 is 14.7 Å². The number of nitrogens with zero attached hydrogens (tertiary/aromatic N) is 1. The molecule has 0 unspecified atom stereocenters. The van der Waals surface area contributed by atoms with E-state index in [1.54, 1.807) is 0 Å². The van der Waals surface area contributed by atoms with Gasteiger partial charge in [-0.1, -0.05) is 5.16 Å². The first-order chi connectivity index (χ1) is 6.72. The van der Waals surface area contributed by atoms with Crippen molar-refractivity contribution in [2.24, 2.45) is 5.73 Å². The smallest absolute Gasteiger partial charge is 0.144 e. The zero-order valence-electron chi connectivity index (χ0n) is 8.20. The second-order valence-corrected chi connectivity index (χ2v) is 3.17. The molecule has 0 aliphatic rings. The Hall–Kier alpha value is -1.55. The van der Waals surface area contributed by atoms with E-state index in [1.165, 1.54) is 0 Å². The third-order valence-electron chi connectivity index (χ3n) is 2.14. The van der Waals surface area contributed by atoms with Crippen LogP contribution in [0, 0.1) is 13.8 Å². The summed E-state index contributed by atoms with van der Waals surface area (Å²) in [6.07, 6.45) is 0. The molecule has 0 radical (unpaired) electrons. The number of furan rings is 1. The van der Waals surface area contributed by atoms with Crippen molar-refractivity contribution in [3.63, 3.8) is 0 Å². The highest BCUT2D eigenvalue weighted by atomic mass is 16.5. The normalized spacial score (nSPS) is 10.8. The lowest BCUT2D eigenvalue weighted by Gasteiger charge is -1.93. The van der Waals surface area contributed by atoms with Gasteiger partial charge in [-0.15, -0.1) is 0 Å². The van der Waals surface area contributed by atoms with Crippen molar-refractivity contribution in [1.29, 1.82) is 0 Å². The average molecular weight is 192 g/mol. The largest absolute Gasteiger partial charge is 0.460 e. The standard InChI is InChI=1S/C10H12N2O2/c1-6-10(7(2)14-12-6)9-4-3-8(5-11)13-9/h3-4H,5,11H2,1-2H3. The van der Waals surface area contributed by atoms with Crippen molar-refractivity contribution in [2.75, 3.05) is 0 Å². The van der Waals surface area contributed by atoms with Gasteiger partial charge in [0.25, 0.3) is 0 Å². The number of hydrogen-bond donors (Lipinski definition) is 1. The maximum absolute atomic E-state index is 5.51. The highest BCUT2D eigenvalue weighted by Crippen LogP contribution is 2.28. The SMILES string of the molecule is Cc1noc(C)c1-c1ccc(CN)o1. The van der Waals surface area contributed by atoms with Gasteiger partial charge in [0.1, 0.15) is 17.3 Å². The zero-order valence-corrected chi connectivity index (χ0v) is 8.20. The fraction of sp³-hybridized carbons (Fsp3) is 0.300. The Morgan fingerprint density at radius 3 is 2.64 bits per heavy atom. The van der Waals surface area contributed by atoms with E-state index in [0.717, 1.165) is 28.5 Å². The van der Waals surface area contributed by atoms with Gasteiger partial charge in [-0.05, 0) is 26.0 Å². The third kappa shape index (κ3) is 1.33. The van der Waals surface area contributed by atoms with Crippen molar-refractivity contribution < 1.29 is 8.94 Å². The molecule has 2 aromatic heterocycles. The number of nitrogens with two attached hydrogens (primary N) is 1. The molecule has 0 spiro atoms. The van der Waals surface area contributed by atoms with E-state index in [0.29, 0.717) is 6.54 Å². The Balaban J connectivity index is 2.48. The van der Waals surface area contributed by atoms with E-state index in [9.17, 15) is 0 Å². The van der Waals surface area contributed by atoms with Crippen LogP contribution in [0.3, 0.4) is 0 Å². The monoisotopic (exact) mass is 192 g/mol. The summed E-state index contributed by atoms with van der Waals surface area (Å²) in [5.41, 5.74) is 7.21. The van der Waals surface area contributed by atoms with Crippen LogP contribution in [-0.2, 0) is 6.54 Å². The highest BCUT2D eigenvalue weighted by molar-refractivity contribution is 5.62. The molecular formula is C10H12N2O2. The topological polar surface area (TPSA) is 65.2 Å². The molecular weight excluding hydrogens is 180 g/mol. The molecule has 2 heterocycles. The van der Waals surface area contributed by atoms with Gasteiger partial charge in [0.15, 0.2) is 0 Å². The lowest BCUT2D eigenvalue weighted by Crippen LogP contribution is -1.92. The zero-order chi connectivity index (χ0) is 10.1. The Bertz CT molecular complexity index is 423. The Morgan fingerprint density at radius 2 is 2.14 bits per heavy atom. The molecule has 0 aliphatic carbocycles. The number of aromatic nitrogens is 1. The van der Waals surface area contributed by atoms with Crippen LogP contribution < -0.4 is 5.73 Å². The Morgan fingerprint density at radius 1 is 1.36 bits per heavy atom. The van der Waals surface area contributed by atoms with E-state index in [1.807, 2.05) is 26.0 Å². The molecule has 74 valence electrons. The maximum atomic E-state index is 5.51. The second kappa shape index (κ2) is 3.31. The molecule has 0 bridgehead atoms. The first-order valence-corrected chi connectivity index (χ1v) is 4.44. The van der Waals surface area contributed by atoms with Crippen molar-refractivity contribution in [2.45, 2.75) is 20.4 Å².